The Morgan fingerprint density at radius 1 is 0.492 bits per heavy atom. The predicted molar refractivity (Wildman–Crippen MR) is 263 cm³/mol. The highest BCUT2D eigenvalue weighted by Crippen LogP contribution is 2.47. The van der Waals surface area contributed by atoms with Crippen LogP contribution in [0.25, 0.3) is 0 Å². The van der Waals surface area contributed by atoms with Gasteiger partial charge < -0.3 is 39.9 Å². The van der Waals surface area contributed by atoms with Crippen LogP contribution in [0.2, 0.25) is 0 Å². The molecule has 1 saturated carbocycles. The average Bonchev–Trinajstić information content (AvgIpc) is 3.29. The Balaban J connectivity index is 2.27. The van der Waals surface area contributed by atoms with E-state index in [2.05, 4.69) is 38.2 Å². The van der Waals surface area contributed by atoms with Gasteiger partial charge in [0.1, 0.15) is 42.7 Å². The molecule has 1 fully saturated rings. The van der Waals surface area contributed by atoms with Crippen LogP contribution < -0.4 is 0 Å². The zero-order valence-electron chi connectivity index (χ0n) is 41.3. The molecule has 1 aliphatic rings. The summed E-state index contributed by atoms with van der Waals surface area (Å²) in [4.78, 5) is 23.2. The molecule has 0 aromatic rings. The molecule has 1 rings (SSSR count). The van der Waals surface area contributed by atoms with Crippen LogP contribution in [0.5, 0.6) is 0 Å². The third-order valence-corrected chi connectivity index (χ3v) is 13.6. The summed E-state index contributed by atoms with van der Waals surface area (Å²) in [6.07, 6.45) is 38.3. The highest BCUT2D eigenvalue weighted by atomic mass is 31.2. The maximum atomic E-state index is 12.8. The number of hydrogen-bond donors (Lipinski definition) is 6. The van der Waals surface area contributed by atoms with Crippen LogP contribution >= 0.6 is 7.82 Å². The lowest BCUT2D eigenvalue weighted by Gasteiger charge is -2.41. The van der Waals surface area contributed by atoms with Gasteiger partial charge >= 0.3 is 13.8 Å². The van der Waals surface area contributed by atoms with Gasteiger partial charge in [-0.25, -0.2) is 4.57 Å². The number of allylic oxidation sites excluding steroid dienone is 4. The van der Waals surface area contributed by atoms with Gasteiger partial charge in [-0.15, -0.1) is 0 Å². The quantitative estimate of drug-likeness (QED) is 0.0147. The van der Waals surface area contributed by atoms with Gasteiger partial charge in [0.05, 0.1) is 13.2 Å². The number of aliphatic hydroxyl groups is 5. The van der Waals surface area contributed by atoms with Crippen LogP contribution in [0.15, 0.2) is 24.3 Å². The Bertz CT molecular complexity index is 1170. The summed E-state index contributed by atoms with van der Waals surface area (Å²) in [5.41, 5.74) is 0. The van der Waals surface area contributed by atoms with Crippen LogP contribution in [0, 0.1) is 0 Å². The van der Waals surface area contributed by atoms with E-state index in [4.69, 9.17) is 18.5 Å². The van der Waals surface area contributed by atoms with Gasteiger partial charge in [-0.3, -0.25) is 13.8 Å². The molecule has 13 heteroatoms. The fourth-order valence-corrected chi connectivity index (χ4v) is 9.29. The molecular formula is C52H99O12P. The minimum absolute atomic E-state index is 0.0779. The molecule has 0 heterocycles. The van der Waals surface area contributed by atoms with Crippen LogP contribution in [0.3, 0.4) is 0 Å². The van der Waals surface area contributed by atoms with Crippen molar-refractivity contribution >= 4 is 13.8 Å². The van der Waals surface area contributed by atoms with Gasteiger partial charge in [0.25, 0.3) is 0 Å². The molecule has 0 saturated heterocycles. The Morgan fingerprint density at radius 2 is 0.877 bits per heavy atom. The molecule has 0 spiro atoms. The second-order valence-electron chi connectivity index (χ2n) is 18.7. The summed E-state index contributed by atoms with van der Waals surface area (Å²) in [5, 5.41) is 50.3. The molecule has 6 atom stereocenters. The molecule has 384 valence electrons. The van der Waals surface area contributed by atoms with Crippen molar-refractivity contribution < 1.29 is 58.3 Å². The van der Waals surface area contributed by atoms with Crippen molar-refractivity contribution in [1.82, 2.24) is 0 Å². The number of ether oxygens (including phenoxy) is 2. The minimum atomic E-state index is -5.02. The Morgan fingerprint density at radius 3 is 1.34 bits per heavy atom. The smallest absolute Gasteiger partial charge is 0.457 e. The van der Waals surface area contributed by atoms with E-state index in [1.807, 2.05) is 0 Å². The highest BCUT2D eigenvalue weighted by Gasteiger charge is 2.51. The molecule has 6 N–H and O–H groups in total. The summed E-state index contributed by atoms with van der Waals surface area (Å²) < 4.78 is 34.3. The number of aliphatic hydroxyl groups excluding tert-OH is 5. The van der Waals surface area contributed by atoms with Crippen molar-refractivity contribution in [1.29, 1.82) is 0 Å². The topological polar surface area (TPSA) is 192 Å². The molecular weight excluding hydrogens is 848 g/mol. The molecule has 65 heavy (non-hydrogen) atoms. The van der Waals surface area contributed by atoms with E-state index in [1.165, 1.54) is 148 Å². The van der Waals surface area contributed by atoms with Gasteiger partial charge in [0, 0.05) is 13.0 Å². The summed E-state index contributed by atoms with van der Waals surface area (Å²) in [6.45, 7) is 4.24. The maximum absolute atomic E-state index is 12.8. The first-order valence-electron chi connectivity index (χ1n) is 26.7. The Kier molecular flexibility index (Phi) is 40.8. The Hall–Kier alpha value is -1.18. The van der Waals surface area contributed by atoms with Crippen molar-refractivity contribution in [2.75, 3.05) is 19.8 Å². The molecule has 0 bridgehead atoms. The van der Waals surface area contributed by atoms with E-state index < -0.39 is 63.1 Å². The number of rotatable bonds is 46. The summed E-state index contributed by atoms with van der Waals surface area (Å²) >= 11 is 0. The first-order chi connectivity index (χ1) is 31.5. The van der Waals surface area contributed by atoms with Crippen molar-refractivity contribution in [3.63, 3.8) is 0 Å². The Labute approximate surface area is 396 Å². The van der Waals surface area contributed by atoms with Gasteiger partial charge in [-0.1, -0.05) is 218 Å². The van der Waals surface area contributed by atoms with Gasteiger partial charge in [0.15, 0.2) is 0 Å². The minimum Gasteiger partial charge on any atom is -0.457 e. The molecule has 6 unspecified atom stereocenters. The summed E-state index contributed by atoms with van der Waals surface area (Å²) in [6, 6.07) is 0. The summed E-state index contributed by atoms with van der Waals surface area (Å²) in [5.74, 6) is -0.487. The van der Waals surface area contributed by atoms with Crippen LogP contribution in [-0.2, 0) is 27.9 Å². The molecule has 12 nitrogen and oxygen atoms in total. The number of phosphoric ester groups is 1. The zero-order valence-corrected chi connectivity index (χ0v) is 42.2. The third kappa shape index (κ3) is 34.7. The van der Waals surface area contributed by atoms with Crippen molar-refractivity contribution in [3.8, 4) is 0 Å². The maximum Gasteiger partial charge on any atom is 0.472 e. The van der Waals surface area contributed by atoms with E-state index in [0.717, 1.165) is 64.2 Å². The highest BCUT2D eigenvalue weighted by molar-refractivity contribution is 7.47. The van der Waals surface area contributed by atoms with E-state index in [1.54, 1.807) is 0 Å². The van der Waals surface area contributed by atoms with E-state index in [0.29, 0.717) is 13.0 Å². The SMILES string of the molecule is CCCC/C=C\C/C=C\CCCCCCCC(=O)OC(COCCCCCCCCCCCCCCCCCCCCCCCCCC)COP(=O)(O)OC1C(O)C(O)C(O)C(O)C1O. The normalized spacial score (nSPS) is 21.7. The van der Waals surface area contributed by atoms with E-state index in [9.17, 15) is 39.8 Å². The molecule has 1 aliphatic carbocycles. The van der Waals surface area contributed by atoms with E-state index >= 15 is 0 Å². The fraction of sp³-hybridized carbons (Fsp3) is 0.904. The lowest BCUT2D eigenvalue weighted by molar-refractivity contribution is -0.220. The molecule has 0 amide bonds. The lowest BCUT2D eigenvalue weighted by Crippen LogP contribution is -2.64. The van der Waals surface area contributed by atoms with Crippen molar-refractivity contribution in [2.45, 2.75) is 281 Å². The number of unbranched alkanes of at least 4 members (excludes halogenated alkanes) is 30. The standard InChI is InChI=1S/C52H99O12P/c1-3-5-7-9-11-13-15-17-19-20-21-22-23-24-25-26-27-28-30-32-34-36-38-40-42-61-43-45(44-62-65(59,60)64-52-50(57)48(55)47(54)49(56)51(52)58)63-46(53)41-39-37-35-33-31-29-18-16-14-12-10-8-6-4-2/h10,12,16,18,45,47-52,54-58H,3-9,11,13-15,17,19-44H2,1-2H3,(H,59,60)/b12-10-,18-16-. The van der Waals surface area contributed by atoms with Crippen LogP contribution in [0.1, 0.15) is 239 Å². The lowest BCUT2D eigenvalue weighted by atomic mass is 9.85. The molecule has 0 aromatic carbocycles. The van der Waals surface area contributed by atoms with Crippen LogP contribution in [-0.4, -0.2) is 98.9 Å². The molecule has 0 radical (unpaired) electrons. The number of hydrogen-bond acceptors (Lipinski definition) is 11. The van der Waals surface area contributed by atoms with Crippen molar-refractivity contribution in [3.05, 3.63) is 24.3 Å². The van der Waals surface area contributed by atoms with Gasteiger partial charge in [-0.2, -0.15) is 0 Å². The third-order valence-electron chi connectivity index (χ3n) is 12.6. The number of carbonyl (C=O) groups is 1. The first kappa shape index (κ1) is 61.8. The number of carbonyl (C=O) groups excluding carboxylic acids is 1. The average molecular weight is 947 g/mol. The predicted octanol–water partition coefficient (Wildman–Crippen LogP) is 12.0. The largest absolute Gasteiger partial charge is 0.472 e. The van der Waals surface area contributed by atoms with Gasteiger partial charge in [-0.05, 0) is 38.5 Å². The fourth-order valence-electron chi connectivity index (χ4n) is 8.32. The zero-order chi connectivity index (χ0) is 47.6. The van der Waals surface area contributed by atoms with Crippen LogP contribution in [0.4, 0.5) is 0 Å². The van der Waals surface area contributed by atoms with Crippen molar-refractivity contribution in [2.24, 2.45) is 0 Å². The second kappa shape index (κ2) is 42.9. The van der Waals surface area contributed by atoms with Gasteiger partial charge in [0.2, 0.25) is 0 Å². The number of phosphoric acid groups is 1. The molecule has 0 aliphatic heterocycles. The summed E-state index contributed by atoms with van der Waals surface area (Å²) in [7, 11) is -5.02. The number of esters is 1. The monoisotopic (exact) mass is 947 g/mol. The second-order valence-corrected chi connectivity index (χ2v) is 20.1. The molecule has 0 aromatic heterocycles. The first-order valence-corrected chi connectivity index (χ1v) is 28.2. The van der Waals surface area contributed by atoms with E-state index in [-0.39, 0.29) is 13.0 Å².